The minimum atomic E-state index is -0.306. The number of carbonyl (C=O) groups is 1. The maximum Gasteiger partial charge on any atom is 0.295 e. The minimum Gasteiger partial charge on any atom is -0.319 e. The van der Waals surface area contributed by atoms with E-state index in [0.29, 0.717) is 11.7 Å². The van der Waals surface area contributed by atoms with E-state index in [1.54, 1.807) is 0 Å². The second kappa shape index (κ2) is 5.68. The van der Waals surface area contributed by atoms with Crippen molar-refractivity contribution >= 4 is 11.6 Å². The predicted octanol–water partition coefficient (Wildman–Crippen LogP) is 3.48. The number of nitrogens with one attached hydrogen (secondary N) is 2. The highest BCUT2D eigenvalue weighted by Crippen LogP contribution is 2.19. The molecule has 0 bridgehead atoms. The van der Waals surface area contributed by atoms with E-state index in [1.165, 1.54) is 5.56 Å². The Morgan fingerprint density at radius 2 is 1.81 bits per heavy atom. The molecule has 1 aromatic heterocycles. The van der Waals surface area contributed by atoms with Crippen LogP contribution in [-0.2, 0) is 5.41 Å². The lowest BCUT2D eigenvalue weighted by Crippen LogP contribution is -2.16. The second-order valence-corrected chi connectivity index (χ2v) is 6.49. The largest absolute Gasteiger partial charge is 0.319 e. The summed E-state index contributed by atoms with van der Waals surface area (Å²) in [5.41, 5.74) is 1.82. The molecule has 21 heavy (non-hydrogen) atoms. The van der Waals surface area contributed by atoms with E-state index >= 15 is 0 Å². The lowest BCUT2D eigenvalue weighted by Gasteiger charge is -2.12. The average Bonchev–Trinajstić information content (AvgIpc) is 2.88. The third kappa shape index (κ3) is 3.68. The minimum absolute atomic E-state index is 0.160. The van der Waals surface area contributed by atoms with Crippen molar-refractivity contribution in [1.29, 1.82) is 0 Å². The van der Waals surface area contributed by atoms with Crippen LogP contribution in [0.1, 0.15) is 62.5 Å². The number of anilines is 1. The van der Waals surface area contributed by atoms with E-state index in [9.17, 15) is 4.79 Å². The highest BCUT2D eigenvalue weighted by Gasteiger charge is 2.21. The summed E-state index contributed by atoms with van der Waals surface area (Å²) in [5, 5.41) is 9.60. The average molecular weight is 286 g/mol. The van der Waals surface area contributed by atoms with Gasteiger partial charge in [0.15, 0.2) is 0 Å². The molecule has 0 aliphatic carbocycles. The van der Waals surface area contributed by atoms with Crippen LogP contribution in [0.3, 0.4) is 0 Å². The van der Waals surface area contributed by atoms with E-state index in [2.05, 4.69) is 34.3 Å². The summed E-state index contributed by atoms with van der Waals surface area (Å²) >= 11 is 0. The Labute approximate surface area is 125 Å². The molecule has 1 amide bonds. The lowest BCUT2D eigenvalue weighted by atomic mass is 9.96. The first-order chi connectivity index (χ1) is 9.77. The number of carbonyl (C=O) groups excluding carboxylic acids is 1. The molecule has 5 nitrogen and oxygen atoms in total. The number of aromatic nitrogens is 3. The van der Waals surface area contributed by atoms with E-state index in [0.717, 1.165) is 5.69 Å². The van der Waals surface area contributed by atoms with Crippen molar-refractivity contribution in [3.8, 4) is 0 Å². The molecule has 0 atom stereocenters. The Kier molecular flexibility index (Phi) is 4.11. The Morgan fingerprint density at radius 3 is 2.29 bits per heavy atom. The number of H-pyrrole nitrogens is 1. The standard InChI is InChI=1S/C16H22N4O/c1-10(2)11-6-8-12(9-7-11)17-14(21)13-18-15(20-19-13)16(3,4)5/h6-10H,1-5H3,(H,17,21)(H,18,19,20). The molecule has 2 rings (SSSR count). The quantitative estimate of drug-likeness (QED) is 0.907. The maximum absolute atomic E-state index is 12.1. The summed E-state index contributed by atoms with van der Waals surface area (Å²) in [6.07, 6.45) is 0. The molecular formula is C16H22N4O. The van der Waals surface area contributed by atoms with Crippen LogP contribution < -0.4 is 5.32 Å². The first-order valence-electron chi connectivity index (χ1n) is 7.11. The Bertz CT molecular complexity index is 620. The van der Waals surface area contributed by atoms with Crippen molar-refractivity contribution in [2.45, 2.75) is 46.0 Å². The lowest BCUT2D eigenvalue weighted by molar-refractivity contribution is 0.101. The maximum atomic E-state index is 12.1. The van der Waals surface area contributed by atoms with Crippen molar-refractivity contribution < 1.29 is 4.79 Å². The van der Waals surface area contributed by atoms with Gasteiger partial charge in [0, 0.05) is 11.1 Å². The molecule has 1 aromatic carbocycles. The van der Waals surface area contributed by atoms with Gasteiger partial charge in [-0.05, 0) is 23.6 Å². The van der Waals surface area contributed by atoms with Crippen LogP contribution in [0.5, 0.6) is 0 Å². The topological polar surface area (TPSA) is 70.7 Å². The predicted molar refractivity (Wildman–Crippen MR) is 83.6 cm³/mol. The van der Waals surface area contributed by atoms with E-state index in [-0.39, 0.29) is 17.1 Å². The van der Waals surface area contributed by atoms with Crippen molar-refractivity contribution in [3.05, 3.63) is 41.5 Å². The number of aromatic amines is 1. The van der Waals surface area contributed by atoms with Gasteiger partial charge >= 0.3 is 0 Å². The summed E-state index contributed by atoms with van der Waals surface area (Å²) in [7, 11) is 0. The van der Waals surface area contributed by atoms with Gasteiger partial charge in [0.05, 0.1) is 0 Å². The van der Waals surface area contributed by atoms with Gasteiger partial charge in [-0.15, -0.1) is 5.10 Å². The fraction of sp³-hybridized carbons (Fsp3) is 0.438. The number of benzene rings is 1. The van der Waals surface area contributed by atoms with Crippen LogP contribution in [0.2, 0.25) is 0 Å². The normalized spacial score (nSPS) is 11.7. The molecule has 0 saturated heterocycles. The molecule has 0 saturated carbocycles. The Balaban J connectivity index is 2.09. The van der Waals surface area contributed by atoms with Crippen LogP contribution in [0.15, 0.2) is 24.3 Å². The van der Waals surface area contributed by atoms with Gasteiger partial charge in [-0.1, -0.05) is 46.8 Å². The SMILES string of the molecule is CC(C)c1ccc(NC(=O)c2n[nH]c(C(C)(C)C)n2)cc1. The first-order valence-corrected chi connectivity index (χ1v) is 7.11. The van der Waals surface area contributed by atoms with Crippen molar-refractivity contribution in [3.63, 3.8) is 0 Å². The Morgan fingerprint density at radius 1 is 1.19 bits per heavy atom. The van der Waals surface area contributed by atoms with Crippen LogP contribution in [0, 0.1) is 0 Å². The van der Waals surface area contributed by atoms with Gasteiger partial charge in [0.1, 0.15) is 5.82 Å². The monoisotopic (exact) mass is 286 g/mol. The van der Waals surface area contributed by atoms with Gasteiger partial charge in [-0.3, -0.25) is 9.89 Å². The molecule has 112 valence electrons. The number of hydrogen-bond donors (Lipinski definition) is 2. The molecule has 1 heterocycles. The smallest absolute Gasteiger partial charge is 0.295 e. The van der Waals surface area contributed by atoms with Gasteiger partial charge in [-0.2, -0.15) is 0 Å². The van der Waals surface area contributed by atoms with Crippen LogP contribution in [0.25, 0.3) is 0 Å². The van der Waals surface area contributed by atoms with Crippen molar-refractivity contribution in [1.82, 2.24) is 15.2 Å². The van der Waals surface area contributed by atoms with Crippen molar-refractivity contribution in [2.75, 3.05) is 5.32 Å². The van der Waals surface area contributed by atoms with Gasteiger partial charge < -0.3 is 5.32 Å². The third-order valence-corrected chi connectivity index (χ3v) is 3.23. The zero-order valence-corrected chi connectivity index (χ0v) is 13.2. The zero-order chi connectivity index (χ0) is 15.6. The van der Waals surface area contributed by atoms with Gasteiger partial charge in [0.25, 0.3) is 5.91 Å². The molecule has 2 N–H and O–H groups in total. The van der Waals surface area contributed by atoms with Crippen LogP contribution in [0.4, 0.5) is 5.69 Å². The molecule has 0 spiro atoms. The number of nitrogens with zero attached hydrogens (tertiary/aromatic N) is 2. The Hall–Kier alpha value is -2.17. The molecule has 0 unspecified atom stereocenters. The van der Waals surface area contributed by atoms with Gasteiger partial charge in [-0.25, -0.2) is 4.98 Å². The summed E-state index contributed by atoms with van der Waals surface area (Å²) in [5.74, 6) is 1.02. The number of rotatable bonds is 3. The zero-order valence-electron chi connectivity index (χ0n) is 13.2. The first kappa shape index (κ1) is 15.2. The molecule has 0 aliphatic rings. The fourth-order valence-electron chi connectivity index (χ4n) is 1.84. The molecule has 0 fully saturated rings. The highest BCUT2D eigenvalue weighted by molar-refractivity contribution is 6.01. The van der Waals surface area contributed by atoms with Crippen molar-refractivity contribution in [2.24, 2.45) is 0 Å². The number of hydrogen-bond acceptors (Lipinski definition) is 3. The fourth-order valence-corrected chi connectivity index (χ4v) is 1.84. The van der Waals surface area contributed by atoms with Gasteiger partial charge in [0.2, 0.25) is 5.82 Å². The molecular weight excluding hydrogens is 264 g/mol. The second-order valence-electron chi connectivity index (χ2n) is 6.49. The summed E-state index contributed by atoms with van der Waals surface area (Å²) < 4.78 is 0. The van der Waals surface area contributed by atoms with E-state index < -0.39 is 0 Å². The van der Waals surface area contributed by atoms with Crippen LogP contribution in [-0.4, -0.2) is 21.1 Å². The summed E-state index contributed by atoms with van der Waals surface area (Å²) in [4.78, 5) is 16.4. The summed E-state index contributed by atoms with van der Waals surface area (Å²) in [6, 6.07) is 7.81. The van der Waals surface area contributed by atoms with E-state index in [4.69, 9.17) is 0 Å². The molecule has 5 heteroatoms. The molecule has 0 aliphatic heterocycles. The summed E-state index contributed by atoms with van der Waals surface area (Å²) in [6.45, 7) is 10.3. The van der Waals surface area contributed by atoms with Crippen LogP contribution >= 0.6 is 0 Å². The van der Waals surface area contributed by atoms with E-state index in [1.807, 2.05) is 45.0 Å². The highest BCUT2D eigenvalue weighted by atomic mass is 16.2. The molecule has 0 radical (unpaired) electrons. The molecule has 2 aromatic rings. The number of amides is 1. The third-order valence-electron chi connectivity index (χ3n) is 3.23.